The number of pyridine rings is 1. The third kappa shape index (κ3) is 5.42. The zero-order chi connectivity index (χ0) is 19.2. The molecule has 1 atom stereocenters. The van der Waals surface area contributed by atoms with Crippen LogP contribution < -0.4 is 10.4 Å². The largest absolute Gasteiger partial charge is 0.378 e. The molecule has 1 unspecified atom stereocenters. The highest BCUT2D eigenvalue weighted by Crippen LogP contribution is 2.16. The Morgan fingerprint density at radius 3 is 2.63 bits per heavy atom. The maximum absolute atomic E-state index is 12.4. The molecule has 27 heavy (non-hydrogen) atoms. The summed E-state index contributed by atoms with van der Waals surface area (Å²) in [5.74, 6) is 0.570. The van der Waals surface area contributed by atoms with Crippen molar-refractivity contribution >= 4 is 23.3 Å². The number of hydrogen-bond donors (Lipinski definition) is 1. The standard InChI is InChI=1S/C20H24ClN3O3/c1-14(13-16-3-5-17(21)6-4-16)27-23-20(25)18-7-8-19(22-15(18)2)24-9-11-26-12-10-24/h3-8,14H,9-13H2,1-2H3,(H,23,25). The highest BCUT2D eigenvalue weighted by atomic mass is 35.5. The summed E-state index contributed by atoms with van der Waals surface area (Å²) in [4.78, 5) is 24.7. The summed E-state index contributed by atoms with van der Waals surface area (Å²) in [5, 5.41) is 0.698. The second kappa shape index (κ2) is 9.17. The average molecular weight is 390 g/mol. The fourth-order valence-corrected chi connectivity index (χ4v) is 3.09. The van der Waals surface area contributed by atoms with E-state index in [0.29, 0.717) is 35.9 Å². The number of nitrogens with one attached hydrogen (secondary N) is 1. The van der Waals surface area contributed by atoms with E-state index in [1.807, 2.05) is 44.2 Å². The van der Waals surface area contributed by atoms with E-state index in [4.69, 9.17) is 21.2 Å². The Kier molecular flexibility index (Phi) is 6.66. The van der Waals surface area contributed by atoms with Crippen molar-refractivity contribution in [3.05, 3.63) is 58.2 Å². The molecule has 2 aromatic rings. The molecule has 1 aliphatic heterocycles. The van der Waals surface area contributed by atoms with Gasteiger partial charge in [0.05, 0.1) is 30.6 Å². The van der Waals surface area contributed by atoms with Gasteiger partial charge in [0.15, 0.2) is 0 Å². The first-order chi connectivity index (χ1) is 13.0. The van der Waals surface area contributed by atoms with Crippen molar-refractivity contribution < 1.29 is 14.4 Å². The Bertz CT molecular complexity index is 777. The van der Waals surface area contributed by atoms with Gasteiger partial charge in [-0.1, -0.05) is 23.7 Å². The Hall–Kier alpha value is -2.15. The van der Waals surface area contributed by atoms with Gasteiger partial charge < -0.3 is 9.64 Å². The van der Waals surface area contributed by atoms with E-state index in [1.165, 1.54) is 0 Å². The number of carbonyl (C=O) groups is 1. The van der Waals surface area contributed by atoms with Gasteiger partial charge in [-0.15, -0.1) is 0 Å². The number of carbonyl (C=O) groups excluding carboxylic acids is 1. The van der Waals surface area contributed by atoms with Crippen molar-refractivity contribution in [2.75, 3.05) is 31.2 Å². The normalized spacial score (nSPS) is 15.4. The number of nitrogens with zero attached hydrogens (tertiary/aromatic N) is 2. The number of benzene rings is 1. The Morgan fingerprint density at radius 2 is 1.96 bits per heavy atom. The Balaban J connectivity index is 1.54. The third-order valence-electron chi connectivity index (χ3n) is 4.44. The van der Waals surface area contributed by atoms with Crippen LogP contribution in [0.3, 0.4) is 0 Å². The third-order valence-corrected chi connectivity index (χ3v) is 4.69. The van der Waals surface area contributed by atoms with Gasteiger partial charge in [-0.2, -0.15) is 0 Å². The molecule has 6 nitrogen and oxygen atoms in total. The predicted molar refractivity (Wildman–Crippen MR) is 105 cm³/mol. The van der Waals surface area contributed by atoms with E-state index in [9.17, 15) is 4.79 Å². The lowest BCUT2D eigenvalue weighted by Crippen LogP contribution is -2.37. The van der Waals surface area contributed by atoms with Crippen LogP contribution in [0, 0.1) is 6.92 Å². The van der Waals surface area contributed by atoms with Crippen molar-refractivity contribution in [1.82, 2.24) is 10.5 Å². The fraction of sp³-hybridized carbons (Fsp3) is 0.400. The van der Waals surface area contributed by atoms with Crippen LogP contribution in [-0.2, 0) is 16.0 Å². The van der Waals surface area contributed by atoms with Crippen LogP contribution in [0.5, 0.6) is 0 Å². The van der Waals surface area contributed by atoms with Gasteiger partial charge >= 0.3 is 0 Å². The van der Waals surface area contributed by atoms with Gasteiger partial charge in [-0.25, -0.2) is 10.5 Å². The van der Waals surface area contributed by atoms with Crippen LogP contribution in [0.2, 0.25) is 5.02 Å². The number of hydroxylamine groups is 1. The first-order valence-electron chi connectivity index (χ1n) is 9.03. The number of ether oxygens (including phenoxy) is 1. The van der Waals surface area contributed by atoms with Crippen molar-refractivity contribution in [3.8, 4) is 0 Å². The van der Waals surface area contributed by atoms with Gasteiger partial charge in [0.2, 0.25) is 0 Å². The molecule has 0 saturated carbocycles. The lowest BCUT2D eigenvalue weighted by molar-refractivity contribution is -0.00740. The molecule has 0 radical (unpaired) electrons. The highest BCUT2D eigenvalue weighted by Gasteiger charge is 2.16. The number of aryl methyl sites for hydroxylation is 1. The molecule has 1 fully saturated rings. The molecule has 0 spiro atoms. The average Bonchev–Trinajstić information content (AvgIpc) is 2.68. The summed E-state index contributed by atoms with van der Waals surface area (Å²) in [7, 11) is 0. The van der Waals surface area contributed by atoms with E-state index in [0.717, 1.165) is 24.5 Å². The number of rotatable bonds is 6. The Labute approximate surface area is 164 Å². The predicted octanol–water partition coefficient (Wildman–Crippen LogP) is 3.17. The van der Waals surface area contributed by atoms with Crippen molar-refractivity contribution in [3.63, 3.8) is 0 Å². The number of anilines is 1. The van der Waals surface area contributed by atoms with Crippen molar-refractivity contribution in [2.45, 2.75) is 26.4 Å². The van der Waals surface area contributed by atoms with E-state index in [2.05, 4.69) is 15.4 Å². The smallest absolute Gasteiger partial charge is 0.276 e. The maximum atomic E-state index is 12.4. The van der Waals surface area contributed by atoms with Crippen LogP contribution in [-0.4, -0.2) is 43.3 Å². The first-order valence-corrected chi connectivity index (χ1v) is 9.41. The molecule has 1 amide bonds. The molecule has 0 bridgehead atoms. The summed E-state index contributed by atoms with van der Waals surface area (Å²) in [6.07, 6.45) is 0.501. The Morgan fingerprint density at radius 1 is 1.26 bits per heavy atom. The summed E-state index contributed by atoms with van der Waals surface area (Å²) < 4.78 is 5.36. The van der Waals surface area contributed by atoms with Crippen LogP contribution in [0.4, 0.5) is 5.82 Å². The van der Waals surface area contributed by atoms with Gasteiger partial charge in [-0.05, 0) is 43.7 Å². The number of morpholine rings is 1. The molecule has 1 aromatic carbocycles. The second-order valence-electron chi connectivity index (χ2n) is 6.59. The molecule has 2 heterocycles. The lowest BCUT2D eigenvalue weighted by atomic mass is 10.1. The summed E-state index contributed by atoms with van der Waals surface area (Å²) in [5.41, 5.74) is 4.80. The zero-order valence-corrected chi connectivity index (χ0v) is 16.3. The van der Waals surface area contributed by atoms with Crippen LogP contribution >= 0.6 is 11.6 Å². The zero-order valence-electron chi connectivity index (χ0n) is 15.6. The quantitative estimate of drug-likeness (QED) is 0.769. The van der Waals surface area contributed by atoms with E-state index < -0.39 is 0 Å². The number of hydrogen-bond acceptors (Lipinski definition) is 5. The lowest BCUT2D eigenvalue weighted by Gasteiger charge is -2.28. The van der Waals surface area contributed by atoms with Crippen LogP contribution in [0.25, 0.3) is 0 Å². The van der Waals surface area contributed by atoms with Gasteiger partial charge in [0.1, 0.15) is 5.82 Å². The molecular formula is C20H24ClN3O3. The van der Waals surface area contributed by atoms with Gasteiger partial charge in [0.25, 0.3) is 5.91 Å². The summed E-state index contributed by atoms with van der Waals surface area (Å²) in [6.45, 7) is 6.74. The molecule has 3 rings (SSSR count). The molecule has 144 valence electrons. The number of halogens is 1. The van der Waals surface area contributed by atoms with Crippen molar-refractivity contribution in [1.29, 1.82) is 0 Å². The van der Waals surface area contributed by atoms with Gasteiger partial charge in [0, 0.05) is 24.5 Å². The molecule has 0 aliphatic carbocycles. The topological polar surface area (TPSA) is 63.7 Å². The van der Waals surface area contributed by atoms with E-state index in [-0.39, 0.29) is 12.0 Å². The van der Waals surface area contributed by atoms with E-state index >= 15 is 0 Å². The molecule has 1 saturated heterocycles. The molecule has 7 heteroatoms. The monoisotopic (exact) mass is 389 g/mol. The number of aromatic nitrogens is 1. The minimum atomic E-state index is -0.295. The highest BCUT2D eigenvalue weighted by molar-refractivity contribution is 6.30. The maximum Gasteiger partial charge on any atom is 0.276 e. The molecular weight excluding hydrogens is 366 g/mol. The minimum absolute atomic E-state index is 0.170. The second-order valence-corrected chi connectivity index (χ2v) is 7.03. The molecule has 1 aromatic heterocycles. The summed E-state index contributed by atoms with van der Waals surface area (Å²) in [6, 6.07) is 11.2. The summed E-state index contributed by atoms with van der Waals surface area (Å²) >= 11 is 5.89. The van der Waals surface area contributed by atoms with Gasteiger partial charge in [-0.3, -0.25) is 9.63 Å². The fourth-order valence-electron chi connectivity index (χ4n) is 2.96. The SMILES string of the molecule is Cc1nc(N2CCOCC2)ccc1C(=O)NOC(C)Cc1ccc(Cl)cc1. The molecule has 1 N–H and O–H groups in total. The molecule has 1 aliphatic rings. The van der Waals surface area contributed by atoms with Crippen LogP contribution in [0.15, 0.2) is 36.4 Å². The minimum Gasteiger partial charge on any atom is -0.378 e. The number of amides is 1. The van der Waals surface area contributed by atoms with Crippen molar-refractivity contribution in [2.24, 2.45) is 0 Å². The van der Waals surface area contributed by atoms with E-state index in [1.54, 1.807) is 6.07 Å². The first kappa shape index (κ1) is 19.6. The van der Waals surface area contributed by atoms with Crippen LogP contribution in [0.1, 0.15) is 28.5 Å².